The summed E-state index contributed by atoms with van der Waals surface area (Å²) in [5, 5.41) is 11.7. The van der Waals surface area contributed by atoms with E-state index in [1.807, 2.05) is 6.07 Å². The van der Waals surface area contributed by atoms with Crippen LogP contribution in [0.15, 0.2) is 36.4 Å². The maximum atomic E-state index is 12.3. The molecule has 0 aromatic heterocycles. The molecule has 1 N–H and O–H groups in total. The predicted molar refractivity (Wildman–Crippen MR) is 91.6 cm³/mol. The topological polar surface area (TPSA) is 90.3 Å². The van der Waals surface area contributed by atoms with E-state index in [4.69, 9.17) is 28.5 Å². The van der Waals surface area contributed by atoms with Crippen molar-refractivity contribution in [3.63, 3.8) is 0 Å². The summed E-state index contributed by atoms with van der Waals surface area (Å²) in [4.78, 5) is 37.7. The number of amides is 3. The standard InChI is InChI=1S/C17H9Cl2N3O3/c18-13-5-11-12(6-14(13)19)17(25)22(16(11)24)8-15(23)21-10-3-1-2-9(4-10)7-20/h1-6H,8H2,(H,21,23). The van der Waals surface area contributed by atoms with Gasteiger partial charge in [0.15, 0.2) is 0 Å². The van der Waals surface area contributed by atoms with Crippen molar-refractivity contribution in [2.45, 2.75) is 0 Å². The van der Waals surface area contributed by atoms with Gasteiger partial charge in [0.25, 0.3) is 11.8 Å². The Hall–Kier alpha value is -2.88. The molecule has 0 aliphatic carbocycles. The lowest BCUT2D eigenvalue weighted by Gasteiger charge is -2.13. The minimum absolute atomic E-state index is 0.110. The van der Waals surface area contributed by atoms with Crippen LogP contribution in [0.2, 0.25) is 10.0 Å². The Morgan fingerprint density at radius 3 is 2.24 bits per heavy atom. The first kappa shape index (κ1) is 17.0. The third-order valence-corrected chi connectivity index (χ3v) is 4.31. The van der Waals surface area contributed by atoms with Gasteiger partial charge < -0.3 is 5.32 Å². The highest BCUT2D eigenvalue weighted by Gasteiger charge is 2.37. The number of imide groups is 1. The first-order chi connectivity index (χ1) is 11.9. The maximum absolute atomic E-state index is 12.3. The molecule has 0 spiro atoms. The van der Waals surface area contributed by atoms with E-state index in [1.54, 1.807) is 18.2 Å². The minimum Gasteiger partial charge on any atom is -0.324 e. The lowest BCUT2D eigenvalue weighted by atomic mass is 10.1. The molecular formula is C17H9Cl2N3O3. The molecule has 8 heteroatoms. The van der Waals surface area contributed by atoms with Crippen molar-refractivity contribution in [3.05, 3.63) is 63.1 Å². The van der Waals surface area contributed by atoms with Crippen LogP contribution in [0.3, 0.4) is 0 Å². The number of nitrogens with zero attached hydrogens (tertiary/aromatic N) is 2. The van der Waals surface area contributed by atoms with E-state index < -0.39 is 24.3 Å². The molecule has 2 aromatic carbocycles. The van der Waals surface area contributed by atoms with Crippen molar-refractivity contribution >= 4 is 46.6 Å². The normalized spacial score (nSPS) is 12.8. The Bertz CT molecular complexity index is 925. The number of hydrogen-bond acceptors (Lipinski definition) is 4. The molecule has 1 aliphatic heterocycles. The van der Waals surface area contributed by atoms with Gasteiger partial charge in [0.2, 0.25) is 5.91 Å². The van der Waals surface area contributed by atoms with Gasteiger partial charge in [-0.25, -0.2) is 0 Å². The number of anilines is 1. The lowest BCUT2D eigenvalue weighted by molar-refractivity contribution is -0.116. The van der Waals surface area contributed by atoms with E-state index in [0.717, 1.165) is 4.90 Å². The second kappa shape index (κ2) is 6.55. The number of carbonyl (C=O) groups is 3. The van der Waals surface area contributed by atoms with Gasteiger partial charge in [-0.1, -0.05) is 29.3 Å². The summed E-state index contributed by atoms with van der Waals surface area (Å²) < 4.78 is 0. The number of nitrogens with one attached hydrogen (secondary N) is 1. The molecule has 124 valence electrons. The summed E-state index contributed by atoms with van der Waals surface area (Å²) >= 11 is 11.8. The fraction of sp³-hybridized carbons (Fsp3) is 0.0588. The van der Waals surface area contributed by atoms with Crippen LogP contribution in [0.1, 0.15) is 26.3 Å². The number of carbonyl (C=O) groups excluding carboxylic acids is 3. The third-order valence-electron chi connectivity index (χ3n) is 3.59. The smallest absolute Gasteiger partial charge is 0.262 e. The van der Waals surface area contributed by atoms with Crippen molar-refractivity contribution < 1.29 is 14.4 Å². The van der Waals surface area contributed by atoms with E-state index in [-0.39, 0.29) is 21.2 Å². The molecule has 0 atom stereocenters. The van der Waals surface area contributed by atoms with Gasteiger partial charge >= 0.3 is 0 Å². The molecule has 0 unspecified atom stereocenters. The monoisotopic (exact) mass is 373 g/mol. The molecule has 0 bridgehead atoms. The third kappa shape index (κ3) is 3.20. The minimum atomic E-state index is -0.612. The van der Waals surface area contributed by atoms with Crippen LogP contribution in [0, 0.1) is 11.3 Å². The summed E-state index contributed by atoms with van der Waals surface area (Å²) in [5.41, 5.74) is 0.993. The molecule has 25 heavy (non-hydrogen) atoms. The highest BCUT2D eigenvalue weighted by molar-refractivity contribution is 6.43. The highest BCUT2D eigenvalue weighted by Crippen LogP contribution is 2.31. The van der Waals surface area contributed by atoms with E-state index in [0.29, 0.717) is 11.3 Å². The molecule has 0 fully saturated rings. The Morgan fingerprint density at radius 2 is 1.68 bits per heavy atom. The molecule has 1 aliphatic rings. The molecule has 3 rings (SSSR count). The van der Waals surface area contributed by atoms with Crippen LogP contribution < -0.4 is 5.32 Å². The summed E-state index contributed by atoms with van der Waals surface area (Å²) in [6, 6.07) is 10.9. The number of benzene rings is 2. The van der Waals surface area contributed by atoms with Crippen LogP contribution in [0.5, 0.6) is 0 Å². The first-order valence-corrected chi connectivity index (χ1v) is 7.81. The summed E-state index contributed by atoms with van der Waals surface area (Å²) in [6.45, 7) is -0.460. The van der Waals surface area contributed by atoms with Crippen LogP contribution in [-0.4, -0.2) is 29.2 Å². The number of hydrogen-bond donors (Lipinski definition) is 1. The average molecular weight is 374 g/mol. The zero-order valence-corrected chi connectivity index (χ0v) is 14.1. The van der Waals surface area contributed by atoms with Gasteiger partial charge in [-0.3, -0.25) is 19.3 Å². The second-order valence-corrected chi connectivity index (χ2v) is 6.06. The summed E-state index contributed by atoms with van der Waals surface area (Å²) in [7, 11) is 0. The van der Waals surface area contributed by atoms with Crippen LogP contribution >= 0.6 is 23.2 Å². The summed E-state index contributed by atoms with van der Waals surface area (Å²) in [5.74, 6) is -1.79. The van der Waals surface area contributed by atoms with Gasteiger partial charge in [0, 0.05) is 5.69 Å². The molecule has 0 radical (unpaired) electrons. The Morgan fingerprint density at radius 1 is 1.08 bits per heavy atom. The number of halogens is 2. The Labute approximate surface area is 152 Å². The molecule has 1 heterocycles. The zero-order chi connectivity index (χ0) is 18.1. The lowest BCUT2D eigenvalue weighted by Crippen LogP contribution is -2.37. The fourth-order valence-electron chi connectivity index (χ4n) is 2.44. The van der Waals surface area contributed by atoms with Crippen molar-refractivity contribution in [2.24, 2.45) is 0 Å². The van der Waals surface area contributed by atoms with Gasteiger partial charge in [-0.05, 0) is 30.3 Å². The molecule has 0 saturated heterocycles. The molecule has 3 amide bonds. The fourth-order valence-corrected chi connectivity index (χ4v) is 2.77. The van der Waals surface area contributed by atoms with Gasteiger partial charge in [0.05, 0.1) is 32.8 Å². The zero-order valence-electron chi connectivity index (χ0n) is 12.5. The van der Waals surface area contributed by atoms with Crippen LogP contribution in [-0.2, 0) is 4.79 Å². The summed E-state index contributed by atoms with van der Waals surface area (Å²) in [6.07, 6.45) is 0. The van der Waals surface area contributed by atoms with Gasteiger partial charge in [0.1, 0.15) is 6.54 Å². The average Bonchev–Trinajstić information content (AvgIpc) is 2.80. The van der Waals surface area contributed by atoms with Gasteiger partial charge in [-0.2, -0.15) is 5.26 Å². The first-order valence-electron chi connectivity index (χ1n) is 7.06. The Kier molecular flexibility index (Phi) is 4.45. The van der Waals surface area contributed by atoms with Gasteiger partial charge in [-0.15, -0.1) is 0 Å². The van der Waals surface area contributed by atoms with E-state index >= 15 is 0 Å². The number of nitriles is 1. The Balaban J connectivity index is 1.77. The van der Waals surface area contributed by atoms with Crippen molar-refractivity contribution in [3.8, 4) is 6.07 Å². The maximum Gasteiger partial charge on any atom is 0.262 e. The van der Waals surface area contributed by atoms with E-state index in [9.17, 15) is 14.4 Å². The quantitative estimate of drug-likeness (QED) is 0.836. The second-order valence-electron chi connectivity index (χ2n) is 5.25. The highest BCUT2D eigenvalue weighted by atomic mass is 35.5. The molecule has 2 aromatic rings. The van der Waals surface area contributed by atoms with Crippen molar-refractivity contribution in [1.82, 2.24) is 4.90 Å². The molecule has 0 saturated carbocycles. The van der Waals surface area contributed by atoms with Crippen LogP contribution in [0.25, 0.3) is 0 Å². The van der Waals surface area contributed by atoms with Crippen LogP contribution in [0.4, 0.5) is 5.69 Å². The SMILES string of the molecule is N#Cc1cccc(NC(=O)CN2C(=O)c3cc(Cl)c(Cl)cc3C2=O)c1. The predicted octanol–water partition coefficient (Wildman–Crippen LogP) is 3.10. The molecular weight excluding hydrogens is 365 g/mol. The molecule has 6 nitrogen and oxygen atoms in total. The number of fused-ring (bicyclic) bond motifs is 1. The van der Waals surface area contributed by atoms with E-state index in [2.05, 4.69) is 5.32 Å². The van der Waals surface area contributed by atoms with Crippen molar-refractivity contribution in [2.75, 3.05) is 11.9 Å². The van der Waals surface area contributed by atoms with Crippen molar-refractivity contribution in [1.29, 1.82) is 5.26 Å². The van der Waals surface area contributed by atoms with E-state index in [1.165, 1.54) is 18.2 Å². The largest absolute Gasteiger partial charge is 0.324 e. The number of rotatable bonds is 3.